The Kier molecular flexibility index (Phi) is 2.95. The minimum absolute atomic E-state index is 0.278. The number of nitrogens with zero attached hydrogens (tertiary/aromatic N) is 1. The monoisotopic (exact) mass is 216 g/mol. The van der Waals surface area contributed by atoms with E-state index in [9.17, 15) is 5.11 Å². The summed E-state index contributed by atoms with van der Waals surface area (Å²) in [5.74, 6) is 1.72. The van der Waals surface area contributed by atoms with Gasteiger partial charge in [0.1, 0.15) is 11.6 Å². The number of hydrogen-bond donors (Lipinski definition) is 2. The van der Waals surface area contributed by atoms with Crippen LogP contribution in [-0.2, 0) is 0 Å². The number of rotatable bonds is 3. The number of aromatic nitrogens is 1. The molecular formula is C13H16N2O. The highest BCUT2D eigenvalue weighted by Crippen LogP contribution is 2.23. The van der Waals surface area contributed by atoms with E-state index in [2.05, 4.69) is 24.1 Å². The average molecular weight is 216 g/mol. The number of anilines is 1. The van der Waals surface area contributed by atoms with Crippen LogP contribution in [-0.4, -0.2) is 16.6 Å². The first-order valence-electron chi connectivity index (χ1n) is 5.49. The van der Waals surface area contributed by atoms with E-state index in [1.165, 1.54) is 0 Å². The molecule has 2 aromatic rings. The van der Waals surface area contributed by atoms with Crippen LogP contribution in [0.5, 0.6) is 5.75 Å². The van der Waals surface area contributed by atoms with Gasteiger partial charge in [0.25, 0.3) is 0 Å². The molecule has 0 atom stereocenters. The molecule has 0 aliphatic carbocycles. The van der Waals surface area contributed by atoms with E-state index in [0.29, 0.717) is 5.92 Å². The molecule has 2 rings (SSSR count). The van der Waals surface area contributed by atoms with Gasteiger partial charge in [-0.15, -0.1) is 0 Å². The van der Waals surface area contributed by atoms with Gasteiger partial charge < -0.3 is 10.4 Å². The normalized spacial score (nSPS) is 10.9. The molecule has 0 amide bonds. The Bertz CT molecular complexity index is 494. The molecule has 1 aromatic heterocycles. The zero-order valence-corrected chi connectivity index (χ0v) is 9.57. The fourth-order valence-electron chi connectivity index (χ4n) is 1.55. The molecule has 1 heterocycles. The summed E-state index contributed by atoms with van der Waals surface area (Å²) in [7, 11) is 0. The maximum Gasteiger partial charge on any atom is 0.126 e. The lowest BCUT2D eigenvalue weighted by atomic mass is 10.2. The highest BCUT2D eigenvalue weighted by Gasteiger charge is 2.02. The molecule has 0 spiro atoms. The fourth-order valence-corrected chi connectivity index (χ4v) is 1.55. The van der Waals surface area contributed by atoms with Crippen molar-refractivity contribution in [2.75, 3.05) is 11.9 Å². The number of phenols is 1. The van der Waals surface area contributed by atoms with Gasteiger partial charge in [-0.05, 0) is 30.2 Å². The van der Waals surface area contributed by atoms with E-state index >= 15 is 0 Å². The summed E-state index contributed by atoms with van der Waals surface area (Å²) < 4.78 is 0. The summed E-state index contributed by atoms with van der Waals surface area (Å²) in [6, 6.07) is 9.16. The molecule has 3 nitrogen and oxygen atoms in total. The van der Waals surface area contributed by atoms with Crippen molar-refractivity contribution in [2.24, 2.45) is 5.92 Å². The number of pyridine rings is 1. The van der Waals surface area contributed by atoms with Crippen LogP contribution < -0.4 is 5.32 Å². The van der Waals surface area contributed by atoms with E-state index in [4.69, 9.17) is 0 Å². The first-order chi connectivity index (χ1) is 7.66. The first-order valence-corrected chi connectivity index (χ1v) is 5.49. The number of nitrogens with one attached hydrogen (secondary N) is 1. The first kappa shape index (κ1) is 10.7. The van der Waals surface area contributed by atoms with Gasteiger partial charge >= 0.3 is 0 Å². The second-order valence-corrected chi connectivity index (χ2v) is 4.32. The standard InChI is InChI=1S/C13H16N2O/c1-9(2)8-14-13-7-6-10-11(15-13)4-3-5-12(10)16/h3-7,9,16H,8H2,1-2H3,(H,14,15). The van der Waals surface area contributed by atoms with Crippen molar-refractivity contribution < 1.29 is 5.11 Å². The zero-order chi connectivity index (χ0) is 11.5. The Labute approximate surface area is 95.1 Å². The summed E-state index contributed by atoms with van der Waals surface area (Å²) in [6.45, 7) is 5.21. The zero-order valence-electron chi connectivity index (χ0n) is 9.57. The van der Waals surface area contributed by atoms with Crippen LogP contribution in [0.15, 0.2) is 30.3 Å². The minimum atomic E-state index is 0.278. The largest absolute Gasteiger partial charge is 0.507 e. The van der Waals surface area contributed by atoms with Crippen molar-refractivity contribution in [3.63, 3.8) is 0 Å². The van der Waals surface area contributed by atoms with Crippen LogP contribution in [0.2, 0.25) is 0 Å². The van der Waals surface area contributed by atoms with E-state index < -0.39 is 0 Å². The highest BCUT2D eigenvalue weighted by molar-refractivity contribution is 5.85. The summed E-state index contributed by atoms with van der Waals surface area (Å²) in [6.07, 6.45) is 0. The maximum absolute atomic E-state index is 9.62. The fraction of sp³-hybridized carbons (Fsp3) is 0.308. The van der Waals surface area contributed by atoms with Crippen molar-refractivity contribution in [3.8, 4) is 5.75 Å². The molecule has 16 heavy (non-hydrogen) atoms. The van der Waals surface area contributed by atoms with Gasteiger partial charge in [-0.3, -0.25) is 0 Å². The molecule has 84 valence electrons. The van der Waals surface area contributed by atoms with Crippen LogP contribution in [0.1, 0.15) is 13.8 Å². The number of hydrogen-bond acceptors (Lipinski definition) is 3. The van der Waals surface area contributed by atoms with E-state index in [1.807, 2.05) is 18.2 Å². The summed E-state index contributed by atoms with van der Waals surface area (Å²) in [5, 5.41) is 13.7. The Morgan fingerprint density at radius 3 is 2.81 bits per heavy atom. The van der Waals surface area contributed by atoms with Crippen molar-refractivity contribution in [1.82, 2.24) is 4.98 Å². The van der Waals surface area contributed by atoms with Gasteiger partial charge in [-0.1, -0.05) is 19.9 Å². The van der Waals surface area contributed by atoms with Gasteiger partial charge in [0.2, 0.25) is 0 Å². The molecule has 2 N–H and O–H groups in total. The second kappa shape index (κ2) is 4.39. The lowest BCUT2D eigenvalue weighted by molar-refractivity contribution is 0.481. The summed E-state index contributed by atoms with van der Waals surface area (Å²) >= 11 is 0. The molecule has 0 bridgehead atoms. The number of aromatic hydroxyl groups is 1. The molecule has 0 radical (unpaired) electrons. The smallest absolute Gasteiger partial charge is 0.126 e. The van der Waals surface area contributed by atoms with Crippen molar-refractivity contribution in [1.29, 1.82) is 0 Å². The van der Waals surface area contributed by atoms with Crippen LogP contribution in [0.3, 0.4) is 0 Å². The van der Waals surface area contributed by atoms with E-state index in [1.54, 1.807) is 12.1 Å². The Hall–Kier alpha value is -1.77. The lowest BCUT2D eigenvalue weighted by Crippen LogP contribution is -2.08. The molecular weight excluding hydrogens is 200 g/mol. The summed E-state index contributed by atoms with van der Waals surface area (Å²) in [5.41, 5.74) is 0.814. The molecule has 0 saturated carbocycles. The molecule has 0 unspecified atom stereocenters. The third-order valence-electron chi connectivity index (χ3n) is 2.40. The third-order valence-corrected chi connectivity index (χ3v) is 2.40. The van der Waals surface area contributed by atoms with Gasteiger partial charge in [-0.2, -0.15) is 0 Å². The Morgan fingerprint density at radius 1 is 1.25 bits per heavy atom. The van der Waals surface area contributed by atoms with Crippen LogP contribution in [0.25, 0.3) is 10.9 Å². The second-order valence-electron chi connectivity index (χ2n) is 4.32. The topological polar surface area (TPSA) is 45.1 Å². The van der Waals surface area contributed by atoms with E-state index in [-0.39, 0.29) is 5.75 Å². The quantitative estimate of drug-likeness (QED) is 0.829. The summed E-state index contributed by atoms with van der Waals surface area (Å²) in [4.78, 5) is 4.44. The number of phenolic OH excluding ortho intramolecular Hbond substituents is 1. The predicted molar refractivity (Wildman–Crippen MR) is 66.7 cm³/mol. The van der Waals surface area contributed by atoms with Gasteiger partial charge in [0.15, 0.2) is 0 Å². The Balaban J connectivity index is 2.30. The van der Waals surface area contributed by atoms with Crippen molar-refractivity contribution in [2.45, 2.75) is 13.8 Å². The molecule has 0 aliphatic rings. The molecule has 3 heteroatoms. The van der Waals surface area contributed by atoms with Gasteiger partial charge in [0.05, 0.1) is 5.52 Å². The highest BCUT2D eigenvalue weighted by atomic mass is 16.3. The average Bonchev–Trinajstić information content (AvgIpc) is 2.26. The molecule has 0 aliphatic heterocycles. The van der Waals surface area contributed by atoms with Gasteiger partial charge in [0, 0.05) is 11.9 Å². The molecule has 0 fully saturated rings. The van der Waals surface area contributed by atoms with Crippen molar-refractivity contribution in [3.05, 3.63) is 30.3 Å². The molecule has 1 aromatic carbocycles. The van der Waals surface area contributed by atoms with Crippen LogP contribution >= 0.6 is 0 Å². The minimum Gasteiger partial charge on any atom is -0.507 e. The maximum atomic E-state index is 9.62. The van der Waals surface area contributed by atoms with Gasteiger partial charge in [-0.25, -0.2) is 4.98 Å². The molecule has 0 saturated heterocycles. The van der Waals surface area contributed by atoms with Crippen molar-refractivity contribution >= 4 is 16.7 Å². The van der Waals surface area contributed by atoms with Crippen LogP contribution in [0, 0.1) is 5.92 Å². The predicted octanol–water partition coefficient (Wildman–Crippen LogP) is 3.01. The number of benzene rings is 1. The van der Waals surface area contributed by atoms with E-state index in [0.717, 1.165) is 23.3 Å². The van der Waals surface area contributed by atoms with Crippen LogP contribution in [0.4, 0.5) is 5.82 Å². The lowest BCUT2D eigenvalue weighted by Gasteiger charge is -2.09. The Morgan fingerprint density at radius 2 is 2.06 bits per heavy atom. The third kappa shape index (κ3) is 2.24. The number of fused-ring (bicyclic) bond motifs is 1. The SMILES string of the molecule is CC(C)CNc1ccc2c(O)cccc2n1.